The second-order valence-electron chi connectivity index (χ2n) is 5.30. The van der Waals surface area contributed by atoms with E-state index in [-0.39, 0.29) is 38.9 Å². The molecule has 2 aromatic carbocycles. The van der Waals surface area contributed by atoms with Gasteiger partial charge in [-0.1, -0.05) is 65.1 Å². The number of hydrogen-bond acceptors (Lipinski definition) is 5. The summed E-state index contributed by atoms with van der Waals surface area (Å²) in [5, 5.41) is 0.762. The summed E-state index contributed by atoms with van der Waals surface area (Å²) in [7, 11) is 0. The summed E-state index contributed by atoms with van der Waals surface area (Å²) < 4.78 is 10.8. The molecule has 5 nitrogen and oxygen atoms in total. The van der Waals surface area contributed by atoms with E-state index >= 15 is 0 Å². The quantitative estimate of drug-likeness (QED) is 0.368. The molecule has 0 amide bonds. The smallest absolute Gasteiger partial charge is 0.345 e. The lowest BCUT2D eigenvalue weighted by atomic mass is 10.2. The van der Waals surface area contributed by atoms with E-state index in [4.69, 9.17) is 44.3 Å². The molecule has 0 radical (unpaired) electrons. The molecule has 0 spiro atoms. The van der Waals surface area contributed by atoms with Gasteiger partial charge < -0.3 is 9.47 Å². The minimum Gasteiger partial charge on any atom is -0.462 e. The first-order valence-corrected chi connectivity index (χ1v) is 9.05. The van der Waals surface area contributed by atoms with Crippen LogP contribution in [0.2, 0.25) is 15.1 Å². The average Bonchev–Trinajstić information content (AvgIpc) is 2.67. The van der Waals surface area contributed by atoms with Gasteiger partial charge in [0.1, 0.15) is 11.3 Å². The van der Waals surface area contributed by atoms with Crippen molar-refractivity contribution in [2.75, 3.05) is 6.61 Å². The van der Waals surface area contributed by atoms with Crippen molar-refractivity contribution < 1.29 is 14.3 Å². The number of nitrogens with zero attached hydrogens (tertiary/aromatic N) is 2. The number of ether oxygens (including phenoxy) is 2. The third kappa shape index (κ3) is 4.50. The van der Waals surface area contributed by atoms with Crippen molar-refractivity contribution in [3.8, 4) is 23.0 Å². The second-order valence-corrected chi connectivity index (χ2v) is 6.52. The molecule has 0 N–H and O–H groups in total. The molecule has 8 heteroatoms. The molecule has 0 fully saturated rings. The number of halogens is 3. The van der Waals surface area contributed by atoms with Crippen LogP contribution in [-0.4, -0.2) is 22.5 Å². The Hall–Kier alpha value is -2.34. The van der Waals surface area contributed by atoms with E-state index in [1.807, 2.05) is 30.3 Å². The summed E-state index contributed by atoms with van der Waals surface area (Å²) >= 11 is 18.2. The van der Waals surface area contributed by atoms with Crippen molar-refractivity contribution in [3.63, 3.8) is 0 Å². The van der Waals surface area contributed by atoms with Gasteiger partial charge in [-0.25, -0.2) is 9.78 Å². The zero-order valence-corrected chi connectivity index (χ0v) is 16.3. The maximum absolute atomic E-state index is 12.2. The van der Waals surface area contributed by atoms with Crippen molar-refractivity contribution in [2.24, 2.45) is 0 Å². The summed E-state index contributed by atoms with van der Waals surface area (Å²) in [6.07, 6.45) is 1.36. The summed E-state index contributed by atoms with van der Waals surface area (Å²) in [4.78, 5) is 20.8. The van der Waals surface area contributed by atoms with Crippen LogP contribution in [0.15, 0.2) is 48.7 Å². The summed E-state index contributed by atoms with van der Waals surface area (Å²) in [6, 6.07) is 12.2. The maximum atomic E-state index is 12.2. The van der Waals surface area contributed by atoms with Crippen LogP contribution in [-0.2, 0) is 4.74 Å². The third-order valence-corrected chi connectivity index (χ3v) is 4.48. The van der Waals surface area contributed by atoms with Gasteiger partial charge in [0.25, 0.3) is 0 Å². The van der Waals surface area contributed by atoms with E-state index in [1.54, 1.807) is 6.92 Å². The van der Waals surface area contributed by atoms with E-state index in [9.17, 15) is 4.79 Å². The topological polar surface area (TPSA) is 61.3 Å². The van der Waals surface area contributed by atoms with Gasteiger partial charge in [-0.05, 0) is 13.0 Å². The number of esters is 1. The highest BCUT2D eigenvalue weighted by atomic mass is 35.5. The molecule has 0 aliphatic rings. The molecule has 3 rings (SSSR count). The second kappa shape index (κ2) is 8.57. The standard InChI is InChI=1S/C19H13Cl3N2O3/c1-2-26-19(25)12-10-23-17(11-6-4-3-5-7-11)24-18(12)27-16-9-14(21)13(20)8-15(16)22/h3-10H,2H2,1H3. The highest BCUT2D eigenvalue weighted by Crippen LogP contribution is 2.37. The van der Waals surface area contributed by atoms with Crippen LogP contribution >= 0.6 is 34.8 Å². The molecule has 0 aliphatic carbocycles. The zero-order valence-electron chi connectivity index (χ0n) is 14.1. The molecule has 0 aliphatic heterocycles. The van der Waals surface area contributed by atoms with E-state index in [1.165, 1.54) is 18.3 Å². The van der Waals surface area contributed by atoms with Crippen LogP contribution in [0, 0.1) is 0 Å². The molecular weight excluding hydrogens is 411 g/mol. The fourth-order valence-electron chi connectivity index (χ4n) is 2.21. The SMILES string of the molecule is CCOC(=O)c1cnc(-c2ccccc2)nc1Oc1cc(Cl)c(Cl)cc1Cl. The first kappa shape index (κ1) is 19.4. The van der Waals surface area contributed by atoms with E-state index in [0.717, 1.165) is 5.56 Å². The lowest BCUT2D eigenvalue weighted by molar-refractivity contribution is 0.0522. The number of rotatable bonds is 5. The first-order chi connectivity index (χ1) is 13.0. The van der Waals surface area contributed by atoms with Crippen LogP contribution in [0.25, 0.3) is 11.4 Å². The minimum absolute atomic E-state index is 0.00240. The van der Waals surface area contributed by atoms with Crippen molar-refractivity contribution >= 4 is 40.8 Å². The van der Waals surface area contributed by atoms with Crippen LogP contribution in [0.5, 0.6) is 11.6 Å². The Balaban J connectivity index is 2.07. The molecule has 138 valence electrons. The molecule has 1 heterocycles. The molecule has 1 aromatic heterocycles. The van der Waals surface area contributed by atoms with Crippen LogP contribution in [0.3, 0.4) is 0 Å². The Morgan fingerprint density at radius 3 is 2.44 bits per heavy atom. The van der Waals surface area contributed by atoms with Gasteiger partial charge in [0.2, 0.25) is 5.88 Å². The fourth-order valence-corrected chi connectivity index (χ4v) is 2.78. The monoisotopic (exact) mass is 422 g/mol. The molecular formula is C19H13Cl3N2O3. The normalized spacial score (nSPS) is 10.5. The largest absolute Gasteiger partial charge is 0.462 e. The lowest BCUT2D eigenvalue weighted by Gasteiger charge is -2.12. The number of carbonyl (C=O) groups excluding carboxylic acids is 1. The van der Waals surface area contributed by atoms with Gasteiger partial charge in [0.15, 0.2) is 5.82 Å². The molecule has 0 unspecified atom stereocenters. The van der Waals surface area contributed by atoms with Gasteiger partial charge in [-0.15, -0.1) is 0 Å². The predicted octanol–water partition coefficient (Wildman–Crippen LogP) is 6.07. The van der Waals surface area contributed by atoms with Crippen LogP contribution in [0.1, 0.15) is 17.3 Å². The fraction of sp³-hybridized carbons (Fsp3) is 0.105. The molecule has 0 saturated heterocycles. The number of benzene rings is 2. The molecule has 0 saturated carbocycles. The predicted molar refractivity (Wildman–Crippen MR) is 105 cm³/mol. The summed E-state index contributed by atoms with van der Waals surface area (Å²) in [6.45, 7) is 1.90. The zero-order chi connectivity index (χ0) is 19.4. The van der Waals surface area contributed by atoms with Crippen molar-refractivity contribution in [3.05, 3.63) is 69.3 Å². The average molecular weight is 424 g/mol. The first-order valence-electron chi connectivity index (χ1n) is 7.91. The van der Waals surface area contributed by atoms with Crippen molar-refractivity contribution in [1.82, 2.24) is 9.97 Å². The summed E-state index contributed by atoms with van der Waals surface area (Å²) in [5.41, 5.74) is 0.830. The van der Waals surface area contributed by atoms with E-state index in [2.05, 4.69) is 9.97 Å². The Bertz CT molecular complexity index is 981. The number of carbonyl (C=O) groups is 1. The van der Waals surface area contributed by atoms with E-state index < -0.39 is 5.97 Å². The van der Waals surface area contributed by atoms with Gasteiger partial charge in [0, 0.05) is 17.8 Å². The molecule has 3 aromatic rings. The lowest BCUT2D eigenvalue weighted by Crippen LogP contribution is -2.09. The maximum Gasteiger partial charge on any atom is 0.345 e. The Morgan fingerprint density at radius 1 is 1.04 bits per heavy atom. The van der Waals surface area contributed by atoms with Crippen LogP contribution < -0.4 is 4.74 Å². The molecule has 0 bridgehead atoms. The number of aromatic nitrogens is 2. The van der Waals surface area contributed by atoms with Gasteiger partial charge >= 0.3 is 5.97 Å². The third-order valence-electron chi connectivity index (χ3n) is 3.46. The van der Waals surface area contributed by atoms with Gasteiger partial charge in [0.05, 0.1) is 21.7 Å². The molecule has 27 heavy (non-hydrogen) atoms. The van der Waals surface area contributed by atoms with E-state index in [0.29, 0.717) is 5.82 Å². The highest BCUT2D eigenvalue weighted by Gasteiger charge is 2.20. The van der Waals surface area contributed by atoms with Crippen molar-refractivity contribution in [1.29, 1.82) is 0 Å². The molecule has 0 atom stereocenters. The van der Waals surface area contributed by atoms with Crippen molar-refractivity contribution in [2.45, 2.75) is 6.92 Å². The van der Waals surface area contributed by atoms with Gasteiger partial charge in [-0.2, -0.15) is 4.98 Å². The Kier molecular flexibility index (Phi) is 6.16. The number of hydrogen-bond donors (Lipinski definition) is 0. The highest BCUT2D eigenvalue weighted by molar-refractivity contribution is 6.43. The minimum atomic E-state index is -0.608. The van der Waals surface area contributed by atoms with Gasteiger partial charge in [-0.3, -0.25) is 0 Å². The Labute approximate surface area is 170 Å². The summed E-state index contributed by atoms with van der Waals surface area (Å²) in [5.74, 6) is -0.0185. The van der Waals surface area contributed by atoms with Crippen LogP contribution in [0.4, 0.5) is 0 Å². The Morgan fingerprint density at radius 2 is 1.74 bits per heavy atom.